The minimum absolute atomic E-state index is 0.172. The molecule has 1 aliphatic carbocycles. The van der Waals surface area contributed by atoms with Crippen molar-refractivity contribution in [3.05, 3.63) is 42.5 Å². The number of rotatable bonds is 12. The lowest BCUT2D eigenvalue weighted by Gasteiger charge is -2.24. The molecule has 2 rings (SSSR count). The highest BCUT2D eigenvalue weighted by molar-refractivity contribution is 9.09. The Morgan fingerprint density at radius 3 is 2.68 bits per heavy atom. The third kappa shape index (κ3) is 7.94. The van der Waals surface area contributed by atoms with Crippen LogP contribution in [0.3, 0.4) is 0 Å². The molecule has 1 saturated carbocycles. The van der Waals surface area contributed by atoms with Crippen LogP contribution in [0.15, 0.2) is 42.5 Å². The zero-order valence-corrected chi connectivity index (χ0v) is 17.7. The molecule has 5 atom stereocenters. The van der Waals surface area contributed by atoms with Gasteiger partial charge in [0, 0.05) is 10.9 Å². The van der Waals surface area contributed by atoms with E-state index in [0.717, 1.165) is 44.3 Å². The first-order chi connectivity index (χ1) is 13.5. The summed E-state index contributed by atoms with van der Waals surface area (Å²) in [6.07, 6.45) is 7.79. The Kier molecular flexibility index (Phi) is 10.0. The summed E-state index contributed by atoms with van der Waals surface area (Å²) < 4.78 is 5.61. The summed E-state index contributed by atoms with van der Waals surface area (Å²) in [6.45, 7) is 0.255. The molecule has 156 valence electrons. The van der Waals surface area contributed by atoms with Gasteiger partial charge in [-0.3, -0.25) is 0 Å². The Morgan fingerprint density at radius 1 is 1.21 bits per heavy atom. The molecule has 0 bridgehead atoms. The Hall–Kier alpha value is -1.37. The number of aliphatic hydroxyl groups excluding tert-OH is 2. The summed E-state index contributed by atoms with van der Waals surface area (Å²) in [4.78, 5) is 10.8. The van der Waals surface area contributed by atoms with Gasteiger partial charge in [-0.2, -0.15) is 0 Å². The first kappa shape index (κ1) is 22.9. The predicted molar refractivity (Wildman–Crippen MR) is 113 cm³/mol. The first-order valence-corrected chi connectivity index (χ1v) is 11.0. The number of hydrogen-bond donors (Lipinski definition) is 3. The number of halogens is 1. The van der Waals surface area contributed by atoms with Gasteiger partial charge < -0.3 is 20.1 Å². The van der Waals surface area contributed by atoms with Crippen LogP contribution in [0.25, 0.3) is 0 Å². The standard InChI is InChI=1S/C22H31BrO5/c23-20-14-21(25)19(18(20)10-6-1-2-7-11-22(26)27)13-12-16(24)15-28-17-8-4-3-5-9-17/h3-5,7-9,11,16,18-21,24-25H,1-2,6,10,12-15H2,(H,26,27)/t16-,18-,19-,20-,21-/m1/s1. The molecular weight excluding hydrogens is 424 g/mol. The highest BCUT2D eigenvalue weighted by Crippen LogP contribution is 2.42. The van der Waals surface area contributed by atoms with Crippen LogP contribution in [0, 0.1) is 11.8 Å². The van der Waals surface area contributed by atoms with Crippen molar-refractivity contribution in [1.82, 2.24) is 0 Å². The van der Waals surface area contributed by atoms with Gasteiger partial charge >= 0.3 is 5.97 Å². The van der Waals surface area contributed by atoms with Crippen LogP contribution in [-0.4, -0.2) is 44.9 Å². The van der Waals surface area contributed by atoms with E-state index in [1.54, 1.807) is 6.08 Å². The van der Waals surface area contributed by atoms with E-state index in [9.17, 15) is 15.0 Å². The van der Waals surface area contributed by atoms with E-state index in [0.29, 0.717) is 17.2 Å². The Balaban J connectivity index is 1.72. The van der Waals surface area contributed by atoms with Crippen molar-refractivity contribution in [1.29, 1.82) is 0 Å². The number of aliphatic carboxylic acids is 1. The molecule has 0 radical (unpaired) electrons. The first-order valence-electron chi connectivity index (χ1n) is 10.0. The Morgan fingerprint density at radius 2 is 1.96 bits per heavy atom. The van der Waals surface area contributed by atoms with Crippen molar-refractivity contribution in [3.8, 4) is 5.75 Å². The molecule has 3 N–H and O–H groups in total. The minimum Gasteiger partial charge on any atom is -0.491 e. The summed E-state index contributed by atoms with van der Waals surface area (Å²) in [6, 6.07) is 9.45. The van der Waals surface area contributed by atoms with Gasteiger partial charge in [0.15, 0.2) is 0 Å². The fourth-order valence-electron chi connectivity index (χ4n) is 3.94. The quantitative estimate of drug-likeness (QED) is 0.250. The van der Waals surface area contributed by atoms with E-state index in [-0.39, 0.29) is 18.6 Å². The van der Waals surface area contributed by atoms with Crippen molar-refractivity contribution < 1.29 is 24.9 Å². The molecule has 6 heteroatoms. The van der Waals surface area contributed by atoms with E-state index in [2.05, 4.69) is 15.9 Å². The van der Waals surface area contributed by atoms with Crippen molar-refractivity contribution in [2.75, 3.05) is 6.61 Å². The number of hydrogen-bond acceptors (Lipinski definition) is 4. The minimum atomic E-state index is -0.908. The summed E-state index contributed by atoms with van der Waals surface area (Å²) >= 11 is 3.72. The molecule has 1 fully saturated rings. The number of alkyl halides is 1. The normalized spacial score (nSPS) is 25.8. The van der Waals surface area contributed by atoms with Crippen LogP contribution in [0.4, 0.5) is 0 Å². The lowest BCUT2D eigenvalue weighted by molar-refractivity contribution is -0.131. The van der Waals surface area contributed by atoms with Crippen LogP contribution < -0.4 is 4.74 Å². The molecule has 0 heterocycles. The number of carboxylic acids is 1. The molecule has 0 aromatic heterocycles. The number of benzene rings is 1. The van der Waals surface area contributed by atoms with Crippen molar-refractivity contribution in [2.45, 2.75) is 62.0 Å². The maximum atomic E-state index is 10.5. The van der Waals surface area contributed by atoms with Crippen molar-refractivity contribution >= 4 is 21.9 Å². The molecule has 0 saturated heterocycles. The van der Waals surface area contributed by atoms with E-state index in [4.69, 9.17) is 9.84 Å². The van der Waals surface area contributed by atoms with Gasteiger partial charge in [0.25, 0.3) is 0 Å². The number of carbonyl (C=O) groups is 1. The third-order valence-electron chi connectivity index (χ3n) is 5.41. The second-order valence-corrected chi connectivity index (χ2v) is 8.70. The number of ether oxygens (including phenoxy) is 1. The third-order valence-corrected chi connectivity index (χ3v) is 6.47. The van der Waals surface area contributed by atoms with E-state index in [1.807, 2.05) is 30.3 Å². The number of aliphatic hydroxyl groups is 2. The molecule has 1 aromatic rings. The average Bonchev–Trinajstić information content (AvgIpc) is 2.94. The van der Waals surface area contributed by atoms with Crippen LogP contribution in [-0.2, 0) is 4.79 Å². The zero-order valence-electron chi connectivity index (χ0n) is 16.1. The molecule has 0 aliphatic heterocycles. The summed E-state index contributed by atoms with van der Waals surface area (Å²) in [7, 11) is 0. The lowest BCUT2D eigenvalue weighted by atomic mass is 9.86. The number of unbranched alkanes of at least 4 members (excludes halogenated alkanes) is 2. The summed E-state index contributed by atoms with van der Waals surface area (Å²) in [5.41, 5.74) is 0. The van der Waals surface area contributed by atoms with Crippen LogP contribution >= 0.6 is 15.9 Å². The molecule has 0 unspecified atom stereocenters. The lowest BCUT2D eigenvalue weighted by Crippen LogP contribution is -2.25. The topological polar surface area (TPSA) is 87.0 Å². The second-order valence-electron chi connectivity index (χ2n) is 7.53. The zero-order chi connectivity index (χ0) is 20.4. The molecule has 1 aliphatic rings. The van der Waals surface area contributed by atoms with Gasteiger partial charge in [0.2, 0.25) is 0 Å². The molecule has 0 spiro atoms. The van der Waals surface area contributed by atoms with Gasteiger partial charge in [-0.15, -0.1) is 0 Å². The van der Waals surface area contributed by atoms with E-state index in [1.165, 1.54) is 6.08 Å². The number of para-hydroxylation sites is 1. The summed E-state index contributed by atoms with van der Waals surface area (Å²) in [5.74, 6) is 0.387. The molecular formula is C22H31BrO5. The SMILES string of the molecule is O=C(O)C=CCCCC[C@@H]1[C@@H](CC[C@@H](O)COc2ccccc2)[C@H](O)C[C@H]1Br. The molecule has 1 aromatic carbocycles. The Labute approximate surface area is 175 Å². The van der Waals surface area contributed by atoms with Crippen LogP contribution in [0.5, 0.6) is 5.75 Å². The second kappa shape index (κ2) is 12.2. The van der Waals surface area contributed by atoms with Gasteiger partial charge in [-0.1, -0.05) is 46.6 Å². The van der Waals surface area contributed by atoms with Crippen LogP contribution in [0.1, 0.15) is 44.9 Å². The van der Waals surface area contributed by atoms with E-state index >= 15 is 0 Å². The van der Waals surface area contributed by atoms with Crippen molar-refractivity contribution in [2.24, 2.45) is 11.8 Å². The van der Waals surface area contributed by atoms with Gasteiger partial charge in [-0.05, 0) is 62.5 Å². The maximum Gasteiger partial charge on any atom is 0.327 e. The highest BCUT2D eigenvalue weighted by atomic mass is 79.9. The summed E-state index contributed by atoms with van der Waals surface area (Å²) in [5, 5.41) is 29.3. The van der Waals surface area contributed by atoms with Gasteiger partial charge in [-0.25, -0.2) is 4.79 Å². The molecule has 0 amide bonds. The fourth-order valence-corrected chi connectivity index (χ4v) is 4.98. The number of allylic oxidation sites excluding steroid dienone is 1. The van der Waals surface area contributed by atoms with Crippen LogP contribution in [0.2, 0.25) is 0 Å². The fraction of sp³-hybridized carbons (Fsp3) is 0.591. The van der Waals surface area contributed by atoms with Gasteiger partial charge in [0.1, 0.15) is 12.4 Å². The Bertz CT molecular complexity index is 606. The smallest absolute Gasteiger partial charge is 0.327 e. The number of carboxylic acid groups (broad SMARTS) is 1. The molecule has 28 heavy (non-hydrogen) atoms. The van der Waals surface area contributed by atoms with Crippen molar-refractivity contribution in [3.63, 3.8) is 0 Å². The molecule has 5 nitrogen and oxygen atoms in total. The highest BCUT2D eigenvalue weighted by Gasteiger charge is 2.40. The van der Waals surface area contributed by atoms with Gasteiger partial charge in [0.05, 0.1) is 12.2 Å². The largest absolute Gasteiger partial charge is 0.491 e. The average molecular weight is 455 g/mol. The van der Waals surface area contributed by atoms with E-state index < -0.39 is 12.1 Å². The monoisotopic (exact) mass is 454 g/mol. The predicted octanol–water partition coefficient (Wildman–Crippen LogP) is 4.17. The maximum absolute atomic E-state index is 10.5.